The quantitative estimate of drug-likeness (QED) is 0.740. The van der Waals surface area contributed by atoms with Crippen LogP contribution in [0.4, 0.5) is 0 Å². The molecule has 1 rings (SSSR count). The summed E-state index contributed by atoms with van der Waals surface area (Å²) in [7, 11) is 0. The van der Waals surface area contributed by atoms with Gasteiger partial charge in [0.1, 0.15) is 0 Å². The summed E-state index contributed by atoms with van der Waals surface area (Å²) in [4.78, 5) is 0. The molecule has 0 bridgehead atoms. The van der Waals surface area contributed by atoms with E-state index in [2.05, 4.69) is 12.2 Å². The number of ether oxygens (including phenoxy) is 2. The third-order valence-electron chi connectivity index (χ3n) is 2.77. The molecule has 3 nitrogen and oxygen atoms in total. The Balaban J connectivity index is 2.55. The van der Waals surface area contributed by atoms with Crippen molar-refractivity contribution < 1.29 is 9.47 Å². The number of hydrogen-bond donors (Lipinski definition) is 1. The zero-order valence-corrected chi connectivity index (χ0v) is 13.7. The van der Waals surface area contributed by atoms with Crippen LogP contribution < -0.4 is 5.32 Å². The Morgan fingerprint density at radius 1 is 1.20 bits per heavy atom. The summed E-state index contributed by atoms with van der Waals surface area (Å²) in [6.07, 6.45) is -0.0489. The van der Waals surface area contributed by atoms with Gasteiger partial charge in [0, 0.05) is 17.1 Å². The molecule has 1 atom stereocenters. The van der Waals surface area contributed by atoms with Crippen LogP contribution in [-0.4, -0.2) is 31.9 Å². The fourth-order valence-electron chi connectivity index (χ4n) is 1.81. The number of rotatable bonds is 8. The number of nitrogens with one attached hydrogen (secondary N) is 1. The van der Waals surface area contributed by atoms with E-state index in [-0.39, 0.29) is 11.7 Å². The van der Waals surface area contributed by atoms with Gasteiger partial charge in [-0.3, -0.25) is 0 Å². The molecule has 1 unspecified atom stereocenters. The maximum atomic E-state index is 6.24. The molecule has 1 aromatic rings. The van der Waals surface area contributed by atoms with Crippen molar-refractivity contribution in [2.24, 2.45) is 0 Å². The summed E-state index contributed by atoms with van der Waals surface area (Å²) in [5.41, 5.74) is 0.885. The van der Waals surface area contributed by atoms with Gasteiger partial charge in [0.25, 0.3) is 0 Å². The molecule has 4 heteroatoms. The lowest BCUT2D eigenvalue weighted by molar-refractivity contribution is -0.0518. The van der Waals surface area contributed by atoms with Gasteiger partial charge in [-0.05, 0) is 33.4 Å². The third-order valence-corrected chi connectivity index (χ3v) is 3.11. The Bertz CT molecular complexity index is 390. The zero-order chi connectivity index (χ0) is 15.0. The van der Waals surface area contributed by atoms with Crippen molar-refractivity contribution in [3.05, 3.63) is 34.9 Å². The van der Waals surface area contributed by atoms with E-state index < -0.39 is 0 Å². The first kappa shape index (κ1) is 17.4. The molecule has 0 saturated carbocycles. The van der Waals surface area contributed by atoms with Crippen LogP contribution in [0.15, 0.2) is 24.3 Å². The molecule has 0 amide bonds. The van der Waals surface area contributed by atoms with Crippen LogP contribution >= 0.6 is 11.6 Å². The normalized spacial score (nSPS) is 13.4. The standard InChI is InChI=1S/C16H26ClNO2/c1-5-18-12-15(13-8-6-7-9-14(13)17)19-10-11-20-16(2,3)4/h6-9,15,18H,5,10-12H2,1-4H3. The maximum absolute atomic E-state index is 6.24. The lowest BCUT2D eigenvalue weighted by Crippen LogP contribution is -2.26. The first-order valence-electron chi connectivity index (χ1n) is 7.14. The van der Waals surface area contributed by atoms with Crippen molar-refractivity contribution in [2.75, 3.05) is 26.3 Å². The Hall–Kier alpha value is -0.610. The van der Waals surface area contributed by atoms with Gasteiger partial charge in [-0.2, -0.15) is 0 Å². The monoisotopic (exact) mass is 299 g/mol. The van der Waals surface area contributed by atoms with Crippen LogP contribution in [0.5, 0.6) is 0 Å². The Morgan fingerprint density at radius 2 is 1.90 bits per heavy atom. The van der Waals surface area contributed by atoms with Crippen LogP contribution in [0.3, 0.4) is 0 Å². The fraction of sp³-hybridized carbons (Fsp3) is 0.625. The molecule has 0 saturated heterocycles. The van der Waals surface area contributed by atoms with Gasteiger partial charge in [0.05, 0.1) is 24.9 Å². The highest BCUT2D eigenvalue weighted by atomic mass is 35.5. The second-order valence-corrected chi connectivity index (χ2v) is 6.06. The topological polar surface area (TPSA) is 30.5 Å². The molecule has 0 fully saturated rings. The first-order chi connectivity index (χ1) is 9.44. The largest absolute Gasteiger partial charge is 0.373 e. The van der Waals surface area contributed by atoms with E-state index in [4.69, 9.17) is 21.1 Å². The van der Waals surface area contributed by atoms with Crippen LogP contribution in [0.25, 0.3) is 0 Å². The van der Waals surface area contributed by atoms with Crippen LogP contribution in [-0.2, 0) is 9.47 Å². The average molecular weight is 300 g/mol. The highest BCUT2D eigenvalue weighted by Crippen LogP contribution is 2.25. The highest BCUT2D eigenvalue weighted by Gasteiger charge is 2.15. The summed E-state index contributed by atoms with van der Waals surface area (Å²) in [5.74, 6) is 0. The van der Waals surface area contributed by atoms with Gasteiger partial charge in [-0.25, -0.2) is 0 Å². The molecular formula is C16H26ClNO2. The number of hydrogen-bond acceptors (Lipinski definition) is 3. The van der Waals surface area contributed by atoms with Crippen molar-refractivity contribution in [1.82, 2.24) is 5.32 Å². The van der Waals surface area contributed by atoms with Gasteiger partial charge in [-0.1, -0.05) is 36.7 Å². The second kappa shape index (κ2) is 8.63. The van der Waals surface area contributed by atoms with Gasteiger partial charge >= 0.3 is 0 Å². The molecule has 1 aromatic carbocycles. The van der Waals surface area contributed by atoms with Crippen molar-refractivity contribution in [1.29, 1.82) is 0 Å². The van der Waals surface area contributed by atoms with E-state index in [0.717, 1.165) is 23.7 Å². The Kier molecular flexibility index (Phi) is 7.52. The second-order valence-electron chi connectivity index (χ2n) is 5.65. The van der Waals surface area contributed by atoms with Gasteiger partial charge in [0.2, 0.25) is 0 Å². The van der Waals surface area contributed by atoms with E-state index in [0.29, 0.717) is 13.2 Å². The molecule has 0 heterocycles. The van der Waals surface area contributed by atoms with E-state index in [1.54, 1.807) is 0 Å². The van der Waals surface area contributed by atoms with E-state index in [1.165, 1.54) is 0 Å². The zero-order valence-electron chi connectivity index (χ0n) is 12.9. The average Bonchev–Trinajstić information content (AvgIpc) is 2.38. The minimum atomic E-state index is -0.134. The summed E-state index contributed by atoms with van der Waals surface area (Å²) in [6.45, 7) is 11.0. The number of benzene rings is 1. The predicted octanol–water partition coefficient (Wildman–Crippen LogP) is 3.82. The molecule has 20 heavy (non-hydrogen) atoms. The lowest BCUT2D eigenvalue weighted by Gasteiger charge is -2.23. The molecule has 114 valence electrons. The molecule has 0 aliphatic carbocycles. The van der Waals surface area contributed by atoms with Gasteiger partial charge < -0.3 is 14.8 Å². The van der Waals surface area contributed by atoms with E-state index in [1.807, 2.05) is 45.0 Å². The molecule has 0 radical (unpaired) electrons. The maximum Gasteiger partial charge on any atom is 0.0964 e. The number of likely N-dealkylation sites (N-methyl/N-ethyl adjacent to an activating group) is 1. The number of halogens is 1. The summed E-state index contributed by atoms with van der Waals surface area (Å²) in [5, 5.41) is 4.05. The van der Waals surface area contributed by atoms with Crippen molar-refractivity contribution in [2.45, 2.75) is 39.4 Å². The van der Waals surface area contributed by atoms with Gasteiger partial charge in [-0.15, -0.1) is 0 Å². The molecule has 0 spiro atoms. The molecular weight excluding hydrogens is 274 g/mol. The highest BCUT2D eigenvalue weighted by molar-refractivity contribution is 6.31. The Labute approximate surface area is 127 Å². The van der Waals surface area contributed by atoms with E-state index >= 15 is 0 Å². The lowest BCUT2D eigenvalue weighted by atomic mass is 10.1. The van der Waals surface area contributed by atoms with E-state index in [9.17, 15) is 0 Å². The smallest absolute Gasteiger partial charge is 0.0964 e. The Morgan fingerprint density at radius 3 is 2.50 bits per heavy atom. The first-order valence-corrected chi connectivity index (χ1v) is 7.52. The molecule has 0 aliphatic rings. The van der Waals surface area contributed by atoms with Crippen molar-refractivity contribution in [3.63, 3.8) is 0 Å². The molecule has 1 N–H and O–H groups in total. The fourth-order valence-corrected chi connectivity index (χ4v) is 2.07. The van der Waals surface area contributed by atoms with Crippen molar-refractivity contribution >= 4 is 11.6 Å². The van der Waals surface area contributed by atoms with Crippen LogP contribution in [0, 0.1) is 0 Å². The summed E-state index contributed by atoms with van der Waals surface area (Å²) in [6, 6.07) is 7.81. The molecule has 0 aromatic heterocycles. The van der Waals surface area contributed by atoms with Gasteiger partial charge in [0.15, 0.2) is 0 Å². The van der Waals surface area contributed by atoms with Crippen LogP contribution in [0.2, 0.25) is 5.02 Å². The van der Waals surface area contributed by atoms with Crippen molar-refractivity contribution in [3.8, 4) is 0 Å². The minimum absolute atomic E-state index is 0.0489. The minimum Gasteiger partial charge on any atom is -0.373 e. The SMILES string of the molecule is CCNCC(OCCOC(C)(C)C)c1ccccc1Cl. The van der Waals surface area contributed by atoms with Crippen LogP contribution in [0.1, 0.15) is 39.4 Å². The summed E-state index contributed by atoms with van der Waals surface area (Å²) >= 11 is 6.24. The predicted molar refractivity (Wildman–Crippen MR) is 84.4 cm³/mol. The third kappa shape index (κ3) is 6.71. The summed E-state index contributed by atoms with van der Waals surface area (Å²) < 4.78 is 11.6. The molecule has 0 aliphatic heterocycles.